The summed E-state index contributed by atoms with van der Waals surface area (Å²) in [4.78, 5) is 0. The third kappa shape index (κ3) is 2.40. The second-order valence-electron chi connectivity index (χ2n) is 7.07. The van der Waals surface area contributed by atoms with Gasteiger partial charge in [0.15, 0.2) is 0 Å². The van der Waals surface area contributed by atoms with Gasteiger partial charge in [0.25, 0.3) is 0 Å². The fourth-order valence-electron chi connectivity index (χ4n) is 4.27. The second kappa shape index (κ2) is 5.50. The van der Waals surface area contributed by atoms with Gasteiger partial charge in [-0.3, -0.25) is 0 Å². The Labute approximate surface area is 123 Å². The number of benzene rings is 1. The molecule has 4 atom stereocenters. The highest BCUT2D eigenvalue weighted by Crippen LogP contribution is 2.42. The number of nitrogens with one attached hydrogen (secondary N) is 1. The average molecular weight is 272 g/mol. The summed E-state index contributed by atoms with van der Waals surface area (Å²) in [6, 6.07) is 9.57. The van der Waals surface area contributed by atoms with Crippen molar-refractivity contribution in [3.63, 3.8) is 0 Å². The van der Waals surface area contributed by atoms with Gasteiger partial charge in [-0.05, 0) is 55.1 Å². The lowest BCUT2D eigenvalue weighted by atomic mass is 9.72. The van der Waals surface area contributed by atoms with Crippen molar-refractivity contribution in [1.29, 1.82) is 0 Å². The van der Waals surface area contributed by atoms with E-state index in [1.807, 2.05) is 0 Å². The molecule has 0 heterocycles. The lowest BCUT2D eigenvalue weighted by molar-refractivity contribution is 0.246. The summed E-state index contributed by atoms with van der Waals surface area (Å²) in [7, 11) is 0. The summed E-state index contributed by atoms with van der Waals surface area (Å²) in [5.74, 6) is 1.52. The monoisotopic (exact) mass is 272 g/mol. The highest BCUT2D eigenvalue weighted by atomic mass is 15.0. The highest BCUT2D eigenvalue weighted by molar-refractivity contribution is 5.39. The first-order valence-corrected chi connectivity index (χ1v) is 8.22. The van der Waals surface area contributed by atoms with E-state index in [9.17, 15) is 0 Å². The number of hydrogen-bond acceptors (Lipinski definition) is 2. The Morgan fingerprint density at radius 3 is 2.70 bits per heavy atom. The zero-order valence-corrected chi connectivity index (χ0v) is 12.9. The quantitative estimate of drug-likeness (QED) is 0.883. The van der Waals surface area contributed by atoms with Gasteiger partial charge in [0.1, 0.15) is 0 Å². The van der Waals surface area contributed by atoms with E-state index in [1.165, 1.54) is 43.2 Å². The molecule has 20 heavy (non-hydrogen) atoms. The molecule has 0 spiro atoms. The lowest BCUT2D eigenvalue weighted by Crippen LogP contribution is -2.54. The predicted octanol–water partition coefficient (Wildman–Crippen LogP) is 3.52. The molecule has 0 aromatic heterocycles. The molecule has 4 unspecified atom stereocenters. The van der Waals surface area contributed by atoms with E-state index in [0.717, 1.165) is 5.92 Å². The maximum Gasteiger partial charge on any atom is 0.0563 e. The van der Waals surface area contributed by atoms with E-state index in [0.29, 0.717) is 18.5 Å². The Morgan fingerprint density at radius 2 is 2.00 bits per heavy atom. The van der Waals surface area contributed by atoms with Crippen LogP contribution in [0.1, 0.15) is 63.0 Å². The molecule has 1 aromatic rings. The van der Waals surface area contributed by atoms with Crippen molar-refractivity contribution in [2.24, 2.45) is 11.7 Å². The molecule has 1 saturated carbocycles. The summed E-state index contributed by atoms with van der Waals surface area (Å²) in [5.41, 5.74) is 9.22. The molecular weight excluding hydrogens is 244 g/mol. The number of rotatable bonds is 3. The van der Waals surface area contributed by atoms with E-state index in [1.54, 1.807) is 0 Å². The fourth-order valence-corrected chi connectivity index (χ4v) is 4.27. The van der Waals surface area contributed by atoms with E-state index >= 15 is 0 Å². The van der Waals surface area contributed by atoms with E-state index in [-0.39, 0.29) is 5.54 Å². The van der Waals surface area contributed by atoms with Crippen molar-refractivity contribution in [1.82, 2.24) is 5.32 Å². The predicted molar refractivity (Wildman–Crippen MR) is 84.8 cm³/mol. The maximum absolute atomic E-state index is 6.25. The zero-order valence-electron chi connectivity index (χ0n) is 12.9. The molecule has 0 amide bonds. The Hall–Kier alpha value is -0.860. The molecule has 0 radical (unpaired) electrons. The van der Waals surface area contributed by atoms with Gasteiger partial charge in [-0.15, -0.1) is 0 Å². The molecule has 110 valence electrons. The second-order valence-corrected chi connectivity index (χ2v) is 7.07. The van der Waals surface area contributed by atoms with Crippen LogP contribution in [0, 0.1) is 5.92 Å². The first kappa shape index (κ1) is 14.1. The Morgan fingerprint density at radius 1 is 1.20 bits per heavy atom. The third-order valence-electron chi connectivity index (χ3n) is 5.54. The first-order chi connectivity index (χ1) is 9.64. The van der Waals surface area contributed by atoms with E-state index < -0.39 is 0 Å². The molecule has 2 heteroatoms. The fraction of sp³-hybridized carbons (Fsp3) is 0.667. The molecule has 2 aliphatic rings. The Bertz CT molecular complexity index is 470. The summed E-state index contributed by atoms with van der Waals surface area (Å²) in [6.07, 6.45) is 6.38. The molecule has 1 fully saturated rings. The standard InChI is InChI=1S/C18H28N2/c1-13-7-8-15(11-13)20-18(12-19)10-9-14(2)16-5-3-4-6-17(16)18/h3-6,13-15,20H,7-12,19H2,1-2H3. The lowest BCUT2D eigenvalue weighted by Gasteiger charge is -2.43. The molecule has 2 nitrogen and oxygen atoms in total. The van der Waals surface area contributed by atoms with Crippen LogP contribution in [0.2, 0.25) is 0 Å². The van der Waals surface area contributed by atoms with Gasteiger partial charge in [0, 0.05) is 12.6 Å². The zero-order chi connectivity index (χ0) is 14.2. The number of hydrogen-bond donors (Lipinski definition) is 2. The van der Waals surface area contributed by atoms with Crippen LogP contribution in [0.5, 0.6) is 0 Å². The van der Waals surface area contributed by atoms with Crippen molar-refractivity contribution >= 4 is 0 Å². The maximum atomic E-state index is 6.25. The molecule has 3 rings (SSSR count). The van der Waals surface area contributed by atoms with Crippen LogP contribution in [0.4, 0.5) is 0 Å². The van der Waals surface area contributed by atoms with E-state index in [4.69, 9.17) is 5.73 Å². The van der Waals surface area contributed by atoms with Crippen LogP contribution in [-0.2, 0) is 5.54 Å². The molecule has 2 aliphatic carbocycles. The largest absolute Gasteiger partial charge is 0.328 e. The molecule has 1 aromatic carbocycles. The number of fused-ring (bicyclic) bond motifs is 1. The summed E-state index contributed by atoms with van der Waals surface area (Å²) in [5, 5.41) is 3.96. The topological polar surface area (TPSA) is 38.0 Å². The van der Waals surface area contributed by atoms with Crippen LogP contribution < -0.4 is 11.1 Å². The van der Waals surface area contributed by atoms with Crippen molar-refractivity contribution in [2.45, 2.75) is 63.5 Å². The van der Waals surface area contributed by atoms with Crippen LogP contribution in [0.3, 0.4) is 0 Å². The average Bonchev–Trinajstić information content (AvgIpc) is 2.88. The van der Waals surface area contributed by atoms with Crippen LogP contribution in [0.25, 0.3) is 0 Å². The molecule has 0 aliphatic heterocycles. The summed E-state index contributed by atoms with van der Waals surface area (Å²) in [6.45, 7) is 5.42. The van der Waals surface area contributed by atoms with Gasteiger partial charge in [-0.2, -0.15) is 0 Å². The normalized spacial score (nSPS) is 36.9. The molecule has 0 bridgehead atoms. The van der Waals surface area contributed by atoms with Gasteiger partial charge >= 0.3 is 0 Å². The molecule has 0 saturated heterocycles. The smallest absolute Gasteiger partial charge is 0.0563 e. The highest BCUT2D eigenvalue weighted by Gasteiger charge is 2.39. The Kier molecular flexibility index (Phi) is 3.87. The molecule has 3 N–H and O–H groups in total. The Balaban J connectivity index is 1.90. The minimum Gasteiger partial charge on any atom is -0.328 e. The van der Waals surface area contributed by atoms with Gasteiger partial charge < -0.3 is 11.1 Å². The van der Waals surface area contributed by atoms with E-state index in [2.05, 4.69) is 43.4 Å². The SMILES string of the molecule is CC1CCC(NC2(CN)CCC(C)c3ccccc32)C1. The van der Waals surface area contributed by atoms with Gasteiger partial charge in [-0.1, -0.05) is 38.1 Å². The van der Waals surface area contributed by atoms with Crippen molar-refractivity contribution in [3.8, 4) is 0 Å². The summed E-state index contributed by atoms with van der Waals surface area (Å²) < 4.78 is 0. The molecular formula is C18H28N2. The minimum atomic E-state index is 0.0117. The summed E-state index contributed by atoms with van der Waals surface area (Å²) >= 11 is 0. The van der Waals surface area contributed by atoms with Gasteiger partial charge in [0.05, 0.1) is 5.54 Å². The van der Waals surface area contributed by atoms with Crippen LogP contribution >= 0.6 is 0 Å². The number of nitrogens with two attached hydrogens (primary N) is 1. The van der Waals surface area contributed by atoms with Crippen LogP contribution in [0.15, 0.2) is 24.3 Å². The first-order valence-electron chi connectivity index (χ1n) is 8.22. The van der Waals surface area contributed by atoms with Crippen molar-refractivity contribution < 1.29 is 0 Å². The van der Waals surface area contributed by atoms with Crippen molar-refractivity contribution in [2.75, 3.05) is 6.54 Å². The third-order valence-corrected chi connectivity index (χ3v) is 5.54. The van der Waals surface area contributed by atoms with Crippen molar-refractivity contribution in [3.05, 3.63) is 35.4 Å². The van der Waals surface area contributed by atoms with Gasteiger partial charge in [0.2, 0.25) is 0 Å². The van der Waals surface area contributed by atoms with Crippen LogP contribution in [-0.4, -0.2) is 12.6 Å². The van der Waals surface area contributed by atoms with Gasteiger partial charge in [-0.25, -0.2) is 0 Å². The minimum absolute atomic E-state index is 0.0117.